The molecule has 3 heteroatoms. The summed E-state index contributed by atoms with van der Waals surface area (Å²) in [5.41, 5.74) is 2.51. The Labute approximate surface area is 117 Å². The quantitative estimate of drug-likeness (QED) is 0.725. The van der Waals surface area contributed by atoms with Crippen molar-refractivity contribution in [1.82, 2.24) is 0 Å². The van der Waals surface area contributed by atoms with Crippen molar-refractivity contribution in [3.8, 4) is 0 Å². The van der Waals surface area contributed by atoms with E-state index in [-0.39, 0.29) is 5.41 Å². The Morgan fingerprint density at radius 1 is 1.41 bits per heavy atom. The minimum atomic E-state index is 0.181. The average molecular weight is 317 g/mol. The first-order chi connectivity index (χ1) is 7.86. The predicted molar refractivity (Wildman–Crippen MR) is 80.9 cm³/mol. The van der Waals surface area contributed by atoms with E-state index in [0.29, 0.717) is 0 Å². The Balaban J connectivity index is 2.77. The molecule has 0 aliphatic rings. The Kier molecular flexibility index (Phi) is 5.08. The maximum Gasteiger partial charge on any atom is 0.0779 e. The molecule has 1 aromatic rings. The molecule has 0 aromatic heterocycles. The highest BCUT2D eigenvalue weighted by Crippen LogP contribution is 2.31. The van der Waals surface area contributed by atoms with Gasteiger partial charge in [-0.05, 0) is 40.4 Å². The number of nitrogens with one attached hydrogen (secondary N) is 1. The topological polar surface area (TPSA) is 12.0 Å². The van der Waals surface area contributed by atoms with Gasteiger partial charge in [-0.3, -0.25) is 0 Å². The summed E-state index contributed by atoms with van der Waals surface area (Å²) < 4.78 is 0.918. The number of anilines is 1. The van der Waals surface area contributed by atoms with Crippen LogP contribution in [0.4, 0.5) is 5.69 Å². The van der Waals surface area contributed by atoms with Crippen LogP contribution in [0.1, 0.15) is 27.7 Å². The molecule has 0 amide bonds. The van der Waals surface area contributed by atoms with Gasteiger partial charge in [0.1, 0.15) is 0 Å². The molecule has 0 saturated heterocycles. The van der Waals surface area contributed by atoms with E-state index in [2.05, 4.69) is 55.0 Å². The van der Waals surface area contributed by atoms with Crippen LogP contribution in [0.5, 0.6) is 0 Å². The Morgan fingerprint density at radius 2 is 2.06 bits per heavy atom. The van der Waals surface area contributed by atoms with Gasteiger partial charge in [-0.2, -0.15) is 0 Å². The lowest BCUT2D eigenvalue weighted by Crippen LogP contribution is -2.17. The Hall–Kier alpha value is -0.470. The van der Waals surface area contributed by atoms with Crippen molar-refractivity contribution in [2.45, 2.75) is 27.7 Å². The van der Waals surface area contributed by atoms with Crippen molar-refractivity contribution >= 4 is 33.2 Å². The highest BCUT2D eigenvalue weighted by molar-refractivity contribution is 9.10. The smallest absolute Gasteiger partial charge is 0.0779 e. The van der Waals surface area contributed by atoms with Crippen LogP contribution in [0.3, 0.4) is 0 Å². The molecule has 1 N–H and O–H groups in total. The second kappa shape index (κ2) is 5.92. The predicted octanol–water partition coefficient (Wildman–Crippen LogP) is 5.51. The normalized spacial score (nSPS) is 12.7. The van der Waals surface area contributed by atoms with Gasteiger partial charge in [0, 0.05) is 11.0 Å². The second-order valence-electron chi connectivity index (χ2n) is 5.02. The molecule has 1 aromatic carbocycles. The molecule has 0 unspecified atom stereocenters. The molecule has 0 radical (unpaired) electrons. The molecule has 0 saturated carbocycles. The van der Waals surface area contributed by atoms with Crippen LogP contribution in [0.25, 0.3) is 0 Å². The van der Waals surface area contributed by atoms with Crippen molar-refractivity contribution in [3.05, 3.63) is 39.3 Å². The van der Waals surface area contributed by atoms with E-state index in [0.717, 1.165) is 21.7 Å². The van der Waals surface area contributed by atoms with Crippen LogP contribution in [0.2, 0.25) is 5.02 Å². The van der Waals surface area contributed by atoms with Crippen molar-refractivity contribution in [2.75, 3.05) is 11.9 Å². The lowest BCUT2D eigenvalue weighted by Gasteiger charge is -2.24. The second-order valence-corrected chi connectivity index (χ2v) is 6.25. The van der Waals surface area contributed by atoms with Crippen LogP contribution in [-0.2, 0) is 0 Å². The van der Waals surface area contributed by atoms with Crippen molar-refractivity contribution in [3.63, 3.8) is 0 Å². The van der Waals surface area contributed by atoms with E-state index < -0.39 is 0 Å². The number of allylic oxidation sites excluding steroid dienone is 1. The van der Waals surface area contributed by atoms with E-state index in [1.807, 2.05) is 18.2 Å². The number of benzene rings is 1. The van der Waals surface area contributed by atoms with Crippen molar-refractivity contribution in [1.29, 1.82) is 0 Å². The van der Waals surface area contributed by atoms with Crippen molar-refractivity contribution in [2.24, 2.45) is 5.41 Å². The zero-order valence-corrected chi connectivity index (χ0v) is 13.1. The summed E-state index contributed by atoms with van der Waals surface area (Å²) in [6, 6.07) is 5.90. The summed E-state index contributed by atoms with van der Waals surface area (Å²) >= 11 is 9.63. The first kappa shape index (κ1) is 14.6. The van der Waals surface area contributed by atoms with Crippen LogP contribution < -0.4 is 5.32 Å². The summed E-state index contributed by atoms with van der Waals surface area (Å²) in [7, 11) is 0. The molecule has 0 bridgehead atoms. The van der Waals surface area contributed by atoms with Gasteiger partial charge in [-0.1, -0.05) is 50.1 Å². The molecule has 1 nitrogen and oxygen atoms in total. The third-order valence-corrected chi connectivity index (χ3v) is 4.03. The van der Waals surface area contributed by atoms with Gasteiger partial charge in [0.15, 0.2) is 0 Å². The highest BCUT2D eigenvalue weighted by Gasteiger charge is 2.16. The first-order valence-corrected chi connectivity index (χ1v) is 6.87. The molecule has 94 valence electrons. The van der Waals surface area contributed by atoms with Crippen LogP contribution in [0, 0.1) is 5.41 Å². The van der Waals surface area contributed by atoms with Gasteiger partial charge in [-0.25, -0.2) is 0 Å². The fraction of sp³-hybridized carbons (Fsp3) is 0.429. The third kappa shape index (κ3) is 4.04. The van der Waals surface area contributed by atoms with Gasteiger partial charge in [0.05, 0.1) is 10.7 Å². The lowest BCUT2D eigenvalue weighted by molar-refractivity contribution is 0.497. The molecular formula is C14H19BrClN. The van der Waals surface area contributed by atoms with E-state index in [1.54, 1.807) is 0 Å². The maximum absolute atomic E-state index is 6.21. The standard InChI is InChI=1S/C14H19BrClN/c1-5-10(14(2,3)4)9-17-12-8-6-7-11(15)13(12)16/h5-8,17H,9H2,1-4H3/b10-5-. The summed E-state index contributed by atoms with van der Waals surface area (Å²) in [6.07, 6.45) is 2.17. The SMILES string of the molecule is C/C=C(/CNc1cccc(Br)c1Cl)C(C)(C)C. The average Bonchev–Trinajstić information content (AvgIpc) is 2.23. The van der Waals surface area contributed by atoms with Gasteiger partial charge in [0.2, 0.25) is 0 Å². The maximum atomic E-state index is 6.21. The van der Waals surface area contributed by atoms with Gasteiger partial charge >= 0.3 is 0 Å². The molecular weight excluding hydrogens is 298 g/mol. The first-order valence-electron chi connectivity index (χ1n) is 5.70. The van der Waals surface area contributed by atoms with Crippen molar-refractivity contribution < 1.29 is 0 Å². The largest absolute Gasteiger partial charge is 0.380 e. The number of hydrogen-bond donors (Lipinski definition) is 1. The van der Waals surface area contributed by atoms with Gasteiger partial charge in [0.25, 0.3) is 0 Å². The van der Waals surface area contributed by atoms with Crippen LogP contribution in [-0.4, -0.2) is 6.54 Å². The molecule has 0 aliphatic carbocycles. The van der Waals surface area contributed by atoms with Crippen LogP contribution in [0.15, 0.2) is 34.3 Å². The molecule has 0 aliphatic heterocycles. The Morgan fingerprint density at radius 3 is 2.59 bits per heavy atom. The third-order valence-electron chi connectivity index (χ3n) is 2.73. The summed E-state index contributed by atoms with van der Waals surface area (Å²) in [5, 5.41) is 4.11. The number of rotatable bonds is 3. The van der Waals surface area contributed by atoms with E-state index in [4.69, 9.17) is 11.6 Å². The molecule has 0 fully saturated rings. The Bertz CT molecular complexity index is 419. The molecule has 17 heavy (non-hydrogen) atoms. The lowest BCUT2D eigenvalue weighted by atomic mass is 9.86. The molecule has 0 spiro atoms. The zero-order chi connectivity index (χ0) is 13.1. The minimum absolute atomic E-state index is 0.181. The minimum Gasteiger partial charge on any atom is -0.380 e. The molecule has 0 heterocycles. The highest BCUT2D eigenvalue weighted by atomic mass is 79.9. The fourth-order valence-corrected chi connectivity index (χ4v) is 2.19. The molecule has 1 rings (SSSR count). The summed E-state index contributed by atoms with van der Waals surface area (Å²) in [4.78, 5) is 0. The van der Waals surface area contributed by atoms with E-state index in [9.17, 15) is 0 Å². The molecule has 0 atom stereocenters. The van der Waals surface area contributed by atoms with Gasteiger partial charge < -0.3 is 5.32 Å². The van der Waals surface area contributed by atoms with Crippen LogP contribution >= 0.6 is 27.5 Å². The fourth-order valence-electron chi connectivity index (χ4n) is 1.63. The van der Waals surface area contributed by atoms with E-state index >= 15 is 0 Å². The number of hydrogen-bond acceptors (Lipinski definition) is 1. The summed E-state index contributed by atoms with van der Waals surface area (Å²) in [5.74, 6) is 0. The summed E-state index contributed by atoms with van der Waals surface area (Å²) in [6.45, 7) is 9.53. The number of halogens is 2. The van der Waals surface area contributed by atoms with E-state index in [1.165, 1.54) is 5.57 Å². The zero-order valence-electron chi connectivity index (χ0n) is 10.8. The van der Waals surface area contributed by atoms with Gasteiger partial charge in [-0.15, -0.1) is 0 Å². The monoisotopic (exact) mass is 315 g/mol.